The predicted molar refractivity (Wildman–Crippen MR) is 130 cm³/mol. The molecule has 1 fully saturated rings. The molecule has 0 bridgehead atoms. The van der Waals surface area contributed by atoms with Gasteiger partial charge in [0.05, 0.1) is 18.8 Å². The summed E-state index contributed by atoms with van der Waals surface area (Å²) in [7, 11) is 3.35. The minimum atomic E-state index is -1.45. The fraction of sp³-hybridized carbons (Fsp3) is 0.360. The highest BCUT2D eigenvalue weighted by Gasteiger charge is 2.29. The Morgan fingerprint density at radius 2 is 1.85 bits per heavy atom. The lowest BCUT2D eigenvalue weighted by Gasteiger charge is -2.34. The number of carbonyl (C=O) groups is 1. The van der Waals surface area contributed by atoms with Crippen molar-refractivity contribution in [2.45, 2.75) is 25.6 Å². The van der Waals surface area contributed by atoms with Gasteiger partial charge >= 0.3 is 0 Å². The first-order chi connectivity index (χ1) is 16.1. The second kappa shape index (κ2) is 9.36. The molecular formula is C25H29N5O4. The van der Waals surface area contributed by atoms with Crippen LogP contribution in [0.3, 0.4) is 0 Å². The fourth-order valence-electron chi connectivity index (χ4n) is 3.95. The van der Waals surface area contributed by atoms with Crippen molar-refractivity contribution in [3.8, 4) is 11.3 Å². The number of ether oxygens (including phenoxy) is 1. The number of pyridine rings is 1. The quantitative estimate of drug-likeness (QED) is 0.619. The van der Waals surface area contributed by atoms with E-state index in [2.05, 4.69) is 9.88 Å². The maximum Gasteiger partial charge on any atom is 0.258 e. The number of anilines is 2. The lowest BCUT2D eigenvalue weighted by molar-refractivity contribution is -0.133. The first-order valence-corrected chi connectivity index (χ1v) is 11.1. The van der Waals surface area contributed by atoms with Gasteiger partial charge in [0.15, 0.2) is 0 Å². The molecule has 1 N–H and O–H groups in total. The van der Waals surface area contributed by atoms with Gasteiger partial charge in [-0.15, -0.1) is 0 Å². The minimum absolute atomic E-state index is 0.135. The van der Waals surface area contributed by atoms with Crippen LogP contribution in [0.15, 0.2) is 59.7 Å². The van der Waals surface area contributed by atoms with Crippen LogP contribution in [0.1, 0.15) is 25.5 Å². The van der Waals surface area contributed by atoms with E-state index in [1.54, 1.807) is 31.1 Å². The van der Waals surface area contributed by atoms with Crippen molar-refractivity contribution in [3.05, 3.63) is 70.8 Å². The average molecular weight is 464 g/mol. The molecule has 9 nitrogen and oxygen atoms in total. The summed E-state index contributed by atoms with van der Waals surface area (Å²) in [6.45, 7) is 4.56. The van der Waals surface area contributed by atoms with Crippen LogP contribution >= 0.6 is 0 Å². The number of rotatable bonds is 5. The predicted octanol–water partition coefficient (Wildman–Crippen LogP) is 2.15. The second-order valence-electron chi connectivity index (χ2n) is 8.89. The molecule has 2 aromatic heterocycles. The summed E-state index contributed by atoms with van der Waals surface area (Å²) in [4.78, 5) is 37.3. The van der Waals surface area contributed by atoms with Crippen molar-refractivity contribution in [2.75, 3.05) is 36.5 Å². The van der Waals surface area contributed by atoms with Gasteiger partial charge in [-0.3, -0.25) is 19.1 Å². The highest BCUT2D eigenvalue weighted by Crippen LogP contribution is 2.28. The summed E-state index contributed by atoms with van der Waals surface area (Å²) in [6.07, 6.45) is 3.13. The number of hydrogen-bond donors (Lipinski definition) is 1. The monoisotopic (exact) mass is 463 g/mol. The third-order valence-corrected chi connectivity index (χ3v) is 5.92. The van der Waals surface area contributed by atoms with Crippen LogP contribution in [0.4, 0.5) is 11.6 Å². The minimum Gasteiger partial charge on any atom is -0.381 e. The van der Waals surface area contributed by atoms with Gasteiger partial charge in [-0.2, -0.15) is 0 Å². The zero-order valence-corrected chi connectivity index (χ0v) is 19.8. The summed E-state index contributed by atoms with van der Waals surface area (Å²) < 4.78 is 7.57. The molecule has 3 aromatic rings. The van der Waals surface area contributed by atoms with Gasteiger partial charge in [-0.1, -0.05) is 12.1 Å². The molecule has 1 aliphatic heterocycles. The van der Waals surface area contributed by atoms with Crippen LogP contribution < -0.4 is 15.4 Å². The smallest absolute Gasteiger partial charge is 0.258 e. The van der Waals surface area contributed by atoms with Gasteiger partial charge in [0, 0.05) is 50.4 Å². The molecule has 3 heterocycles. The Morgan fingerprint density at radius 3 is 2.50 bits per heavy atom. The molecule has 4 rings (SSSR count). The Hall–Kier alpha value is -3.56. The van der Waals surface area contributed by atoms with Crippen LogP contribution in [0.2, 0.25) is 0 Å². The van der Waals surface area contributed by atoms with E-state index in [1.807, 2.05) is 36.4 Å². The summed E-state index contributed by atoms with van der Waals surface area (Å²) in [6, 6.07) is 12.7. The van der Waals surface area contributed by atoms with Gasteiger partial charge < -0.3 is 19.6 Å². The van der Waals surface area contributed by atoms with Crippen molar-refractivity contribution in [1.82, 2.24) is 14.5 Å². The van der Waals surface area contributed by atoms with E-state index in [4.69, 9.17) is 9.72 Å². The Labute approximate surface area is 198 Å². The van der Waals surface area contributed by atoms with Gasteiger partial charge in [-0.05, 0) is 43.7 Å². The Balaban J connectivity index is 1.56. The summed E-state index contributed by atoms with van der Waals surface area (Å²) in [5.74, 6) is 0.196. The van der Waals surface area contributed by atoms with Crippen LogP contribution in [0.25, 0.3) is 11.3 Å². The Kier molecular flexibility index (Phi) is 6.49. The lowest BCUT2D eigenvalue weighted by atomic mass is 10.1. The lowest BCUT2D eigenvalue weighted by Crippen LogP contribution is -2.43. The van der Waals surface area contributed by atoms with Gasteiger partial charge in [0.25, 0.3) is 11.5 Å². The number of morpholine rings is 1. The van der Waals surface area contributed by atoms with E-state index in [0.29, 0.717) is 37.0 Å². The van der Waals surface area contributed by atoms with E-state index in [9.17, 15) is 14.7 Å². The Morgan fingerprint density at radius 1 is 1.18 bits per heavy atom. The number of aromatic nitrogens is 3. The van der Waals surface area contributed by atoms with E-state index in [-0.39, 0.29) is 17.6 Å². The standard InChI is InChI=1S/C25H29N5O4/c1-25(2,33)23(32)28(3)19-7-5-18(6-8-19)21-16-30(13-14-34-21)24-27-20(15-22(31)29(24)4)17-9-11-26-12-10-17/h5-12,15,21,33H,13-14,16H2,1-4H3/t21-/m1/s1. The number of aliphatic hydroxyl groups is 1. The summed E-state index contributed by atoms with van der Waals surface area (Å²) in [5.41, 5.74) is 1.48. The summed E-state index contributed by atoms with van der Waals surface area (Å²) >= 11 is 0. The number of amides is 1. The molecule has 0 aliphatic carbocycles. The maximum atomic E-state index is 12.7. The normalized spacial score (nSPS) is 16.4. The zero-order valence-electron chi connectivity index (χ0n) is 19.8. The number of carbonyl (C=O) groups excluding carboxylic acids is 1. The number of likely N-dealkylation sites (N-methyl/N-ethyl adjacent to an activating group) is 1. The summed E-state index contributed by atoms with van der Waals surface area (Å²) in [5, 5.41) is 10.00. The molecule has 178 valence electrons. The molecule has 1 atom stereocenters. The molecule has 9 heteroatoms. The number of hydrogen-bond acceptors (Lipinski definition) is 7. The first kappa shape index (κ1) is 23.6. The molecular weight excluding hydrogens is 434 g/mol. The third-order valence-electron chi connectivity index (χ3n) is 5.92. The topological polar surface area (TPSA) is 101 Å². The van der Waals surface area contributed by atoms with Crippen LogP contribution in [-0.2, 0) is 16.6 Å². The van der Waals surface area contributed by atoms with Crippen molar-refractivity contribution in [1.29, 1.82) is 0 Å². The first-order valence-electron chi connectivity index (χ1n) is 11.1. The highest BCUT2D eigenvalue weighted by atomic mass is 16.5. The van der Waals surface area contributed by atoms with Crippen molar-refractivity contribution < 1.29 is 14.6 Å². The largest absolute Gasteiger partial charge is 0.381 e. The molecule has 0 saturated carbocycles. The second-order valence-corrected chi connectivity index (χ2v) is 8.89. The SMILES string of the molecule is CN(C(=O)C(C)(C)O)c1ccc([C@H]2CN(c3nc(-c4ccncc4)cc(=O)n3C)CCO2)cc1. The van der Waals surface area contributed by atoms with Gasteiger partial charge in [0.2, 0.25) is 5.95 Å². The molecule has 1 aromatic carbocycles. The highest BCUT2D eigenvalue weighted by molar-refractivity contribution is 5.98. The number of benzene rings is 1. The van der Waals surface area contributed by atoms with Crippen molar-refractivity contribution in [2.24, 2.45) is 7.05 Å². The molecule has 1 saturated heterocycles. The van der Waals surface area contributed by atoms with Crippen LogP contribution in [0, 0.1) is 0 Å². The molecule has 1 aliphatic rings. The van der Waals surface area contributed by atoms with E-state index >= 15 is 0 Å². The molecule has 0 spiro atoms. The molecule has 34 heavy (non-hydrogen) atoms. The molecule has 1 amide bonds. The average Bonchev–Trinajstić information content (AvgIpc) is 2.85. The van der Waals surface area contributed by atoms with E-state index < -0.39 is 5.60 Å². The maximum absolute atomic E-state index is 12.7. The van der Waals surface area contributed by atoms with E-state index in [0.717, 1.165) is 11.1 Å². The van der Waals surface area contributed by atoms with E-state index in [1.165, 1.54) is 24.8 Å². The molecule has 0 unspecified atom stereocenters. The fourth-order valence-corrected chi connectivity index (χ4v) is 3.95. The molecule has 0 radical (unpaired) electrons. The van der Waals surface area contributed by atoms with Crippen molar-refractivity contribution >= 4 is 17.5 Å². The van der Waals surface area contributed by atoms with Gasteiger partial charge in [0.1, 0.15) is 11.7 Å². The zero-order chi connectivity index (χ0) is 24.5. The van der Waals surface area contributed by atoms with Crippen molar-refractivity contribution in [3.63, 3.8) is 0 Å². The van der Waals surface area contributed by atoms with Crippen LogP contribution in [-0.4, -0.2) is 57.9 Å². The third kappa shape index (κ3) is 4.85. The van der Waals surface area contributed by atoms with Crippen LogP contribution in [0.5, 0.6) is 0 Å². The van der Waals surface area contributed by atoms with Gasteiger partial charge in [-0.25, -0.2) is 4.98 Å². The number of nitrogens with zero attached hydrogens (tertiary/aromatic N) is 5. The Bertz CT molecular complexity index is 1220.